The Kier molecular flexibility index (Phi) is 4.30. The minimum absolute atomic E-state index is 0.242. The van der Waals surface area contributed by atoms with Crippen LogP contribution in [-0.4, -0.2) is 17.5 Å². The largest absolute Gasteiger partial charge is 0.289 e. The van der Waals surface area contributed by atoms with Gasteiger partial charge in [0.2, 0.25) is 0 Å². The summed E-state index contributed by atoms with van der Waals surface area (Å²) in [5.74, 6) is 0.0628. The molecule has 31 heavy (non-hydrogen) atoms. The molecule has 2 bridgehead atoms. The maximum atomic E-state index is 15.5. The van der Waals surface area contributed by atoms with Gasteiger partial charge in [-0.3, -0.25) is 4.90 Å². The molecule has 4 aliphatic carbocycles. The van der Waals surface area contributed by atoms with Crippen LogP contribution in [-0.2, 0) is 6.42 Å². The van der Waals surface area contributed by atoms with Gasteiger partial charge in [0.25, 0.3) is 0 Å². The van der Waals surface area contributed by atoms with Crippen LogP contribution in [0.3, 0.4) is 0 Å². The second kappa shape index (κ2) is 6.87. The van der Waals surface area contributed by atoms with E-state index >= 15 is 8.78 Å². The lowest BCUT2D eigenvalue weighted by Crippen LogP contribution is -2.59. The first-order valence-corrected chi connectivity index (χ1v) is 11.7. The molecule has 2 atom stereocenters. The number of allylic oxidation sites excluding steroid dienone is 1. The van der Waals surface area contributed by atoms with Gasteiger partial charge in [-0.15, -0.1) is 0 Å². The summed E-state index contributed by atoms with van der Waals surface area (Å²) in [6.07, 6.45) is 9.21. The van der Waals surface area contributed by atoms with Crippen molar-refractivity contribution in [3.8, 4) is 0 Å². The van der Waals surface area contributed by atoms with Crippen molar-refractivity contribution in [3.63, 3.8) is 0 Å². The Balaban J connectivity index is 1.49. The van der Waals surface area contributed by atoms with E-state index in [-0.39, 0.29) is 17.6 Å². The number of nitrogens with zero attached hydrogens (tertiary/aromatic N) is 1. The first kappa shape index (κ1) is 19.4. The third-order valence-corrected chi connectivity index (χ3v) is 8.26. The van der Waals surface area contributed by atoms with Crippen LogP contribution in [0.25, 0.3) is 11.6 Å². The summed E-state index contributed by atoms with van der Waals surface area (Å²) in [5.41, 5.74) is 6.32. The monoisotopic (exact) mass is 417 g/mol. The Morgan fingerprint density at radius 2 is 1.81 bits per heavy atom. The minimum atomic E-state index is -0.419. The summed E-state index contributed by atoms with van der Waals surface area (Å²) in [6.45, 7) is 5.07. The Labute approximate surface area is 183 Å². The van der Waals surface area contributed by atoms with Gasteiger partial charge in [-0.2, -0.15) is 0 Å². The number of fused-ring (bicyclic) bond motifs is 2. The van der Waals surface area contributed by atoms with E-state index in [1.54, 1.807) is 6.08 Å². The molecular weight excluding hydrogens is 388 g/mol. The van der Waals surface area contributed by atoms with Gasteiger partial charge in [-0.05, 0) is 97.3 Å². The first-order chi connectivity index (χ1) is 15.0. The highest BCUT2D eigenvalue weighted by atomic mass is 19.1. The Hall–Kier alpha value is -2.26. The van der Waals surface area contributed by atoms with E-state index < -0.39 is 11.6 Å². The zero-order valence-electron chi connectivity index (χ0n) is 18.3. The standard InChI is InChI=1S/C28H29F2N/c1-3-6-18-10-24(29)26(25(30)11-18)27-23-12-20-7-4-5-8-21(20)22(23)9-17(2)31(27)16-28-13-19(14-28)15-28/h3-8,10-11,17,19,27H,9,12-16H2,1-2H3/b6-3+/t17-,19?,27+,28?/m1/s1. The Morgan fingerprint density at radius 1 is 1.10 bits per heavy atom. The van der Waals surface area contributed by atoms with Crippen molar-refractivity contribution < 1.29 is 8.78 Å². The number of rotatable bonds is 4. The summed E-state index contributed by atoms with van der Waals surface area (Å²) >= 11 is 0. The molecule has 2 aromatic rings. The predicted octanol–water partition coefficient (Wildman–Crippen LogP) is 6.94. The quantitative estimate of drug-likeness (QED) is 0.521. The lowest BCUT2D eigenvalue weighted by atomic mass is 9.44. The predicted molar refractivity (Wildman–Crippen MR) is 121 cm³/mol. The van der Waals surface area contributed by atoms with Crippen molar-refractivity contribution in [1.82, 2.24) is 4.90 Å². The van der Waals surface area contributed by atoms with Crippen LogP contribution in [0.4, 0.5) is 8.78 Å². The van der Waals surface area contributed by atoms with Crippen molar-refractivity contribution in [3.05, 3.63) is 81.9 Å². The SMILES string of the molecule is C/C=C/c1cc(F)c([C@@H]2C3=C(C[C@@H](C)N2CC24CC(C2)C4)c2ccccc2C3)c(F)c1. The second-order valence-corrected chi connectivity index (χ2v) is 10.3. The summed E-state index contributed by atoms with van der Waals surface area (Å²) in [4.78, 5) is 2.44. The van der Waals surface area contributed by atoms with E-state index in [1.165, 1.54) is 53.7 Å². The molecule has 1 nitrogen and oxygen atoms in total. The van der Waals surface area contributed by atoms with Crippen LogP contribution >= 0.6 is 0 Å². The molecule has 1 heterocycles. The van der Waals surface area contributed by atoms with Crippen LogP contribution in [0.15, 0.2) is 48.0 Å². The zero-order chi connectivity index (χ0) is 21.3. The molecule has 0 unspecified atom stereocenters. The van der Waals surface area contributed by atoms with Crippen molar-refractivity contribution in [1.29, 1.82) is 0 Å². The number of benzene rings is 2. The molecule has 7 rings (SSSR count). The topological polar surface area (TPSA) is 3.24 Å². The van der Waals surface area contributed by atoms with Crippen molar-refractivity contribution in [2.75, 3.05) is 6.54 Å². The van der Waals surface area contributed by atoms with Crippen molar-refractivity contribution >= 4 is 11.6 Å². The average Bonchev–Trinajstić information content (AvgIpc) is 3.03. The lowest BCUT2D eigenvalue weighted by molar-refractivity contribution is -0.134. The maximum Gasteiger partial charge on any atom is 0.131 e. The zero-order valence-corrected chi connectivity index (χ0v) is 18.3. The number of hydrogen-bond donors (Lipinski definition) is 0. The molecule has 3 saturated carbocycles. The number of halogens is 2. The highest BCUT2D eigenvalue weighted by Gasteiger charge is 2.58. The molecule has 0 N–H and O–H groups in total. The smallest absolute Gasteiger partial charge is 0.131 e. The molecule has 160 valence electrons. The van der Waals surface area contributed by atoms with Gasteiger partial charge < -0.3 is 0 Å². The normalized spacial score (nSPS) is 31.4. The van der Waals surface area contributed by atoms with Crippen LogP contribution < -0.4 is 0 Å². The third kappa shape index (κ3) is 2.89. The van der Waals surface area contributed by atoms with Gasteiger partial charge in [0.15, 0.2) is 0 Å². The highest BCUT2D eigenvalue weighted by Crippen LogP contribution is 2.65. The van der Waals surface area contributed by atoms with Gasteiger partial charge in [0, 0.05) is 18.2 Å². The fourth-order valence-corrected chi connectivity index (χ4v) is 6.80. The molecule has 5 aliphatic rings. The van der Waals surface area contributed by atoms with Crippen LogP contribution in [0.1, 0.15) is 67.8 Å². The Morgan fingerprint density at radius 3 is 2.45 bits per heavy atom. The molecule has 0 spiro atoms. The van der Waals surface area contributed by atoms with Gasteiger partial charge in [-0.1, -0.05) is 36.4 Å². The lowest BCUT2D eigenvalue weighted by Gasteiger charge is -2.64. The van der Waals surface area contributed by atoms with Crippen LogP contribution in [0.2, 0.25) is 0 Å². The van der Waals surface area contributed by atoms with Gasteiger partial charge in [-0.25, -0.2) is 8.78 Å². The summed E-state index contributed by atoms with van der Waals surface area (Å²) in [6, 6.07) is 11.4. The molecule has 2 aromatic carbocycles. The molecule has 0 saturated heterocycles. The second-order valence-electron chi connectivity index (χ2n) is 10.3. The van der Waals surface area contributed by atoms with Gasteiger partial charge >= 0.3 is 0 Å². The van der Waals surface area contributed by atoms with Gasteiger partial charge in [0.05, 0.1) is 6.04 Å². The molecular formula is C28H29F2N. The maximum absolute atomic E-state index is 15.5. The fourth-order valence-electron chi connectivity index (χ4n) is 6.80. The highest BCUT2D eigenvalue weighted by molar-refractivity contribution is 5.79. The summed E-state index contributed by atoms with van der Waals surface area (Å²) in [7, 11) is 0. The molecule has 0 radical (unpaired) electrons. The molecule has 1 aliphatic heterocycles. The van der Waals surface area contributed by atoms with E-state index in [9.17, 15) is 0 Å². The summed E-state index contributed by atoms with van der Waals surface area (Å²) in [5, 5.41) is 0. The van der Waals surface area contributed by atoms with E-state index in [0.29, 0.717) is 11.0 Å². The molecule has 3 heteroatoms. The molecule has 0 aromatic heterocycles. The van der Waals surface area contributed by atoms with Crippen molar-refractivity contribution in [2.45, 2.75) is 58.0 Å². The Bertz CT molecular complexity index is 1090. The van der Waals surface area contributed by atoms with Crippen molar-refractivity contribution in [2.24, 2.45) is 11.3 Å². The van der Waals surface area contributed by atoms with Crippen LogP contribution in [0, 0.1) is 23.0 Å². The molecule has 0 amide bonds. The number of hydrogen-bond acceptors (Lipinski definition) is 1. The molecule has 3 fully saturated rings. The van der Waals surface area contributed by atoms with E-state index in [2.05, 4.69) is 36.1 Å². The minimum Gasteiger partial charge on any atom is -0.289 e. The van der Waals surface area contributed by atoms with E-state index in [4.69, 9.17) is 0 Å². The van der Waals surface area contributed by atoms with Crippen LogP contribution in [0.5, 0.6) is 0 Å². The average molecular weight is 418 g/mol. The first-order valence-electron chi connectivity index (χ1n) is 11.7. The third-order valence-electron chi connectivity index (χ3n) is 8.26. The fraction of sp³-hybridized carbons (Fsp3) is 0.429. The van der Waals surface area contributed by atoms with E-state index in [0.717, 1.165) is 25.3 Å². The van der Waals surface area contributed by atoms with E-state index in [1.807, 2.05) is 13.0 Å². The summed E-state index contributed by atoms with van der Waals surface area (Å²) < 4.78 is 31.0. The van der Waals surface area contributed by atoms with Gasteiger partial charge in [0.1, 0.15) is 11.6 Å².